The summed E-state index contributed by atoms with van der Waals surface area (Å²) in [5, 5.41) is 10.4. The molecule has 0 aliphatic heterocycles. The average Bonchev–Trinajstić information content (AvgIpc) is 1.31. The van der Waals surface area contributed by atoms with Crippen molar-refractivity contribution in [1.29, 1.82) is 0 Å². The van der Waals surface area contributed by atoms with E-state index in [-0.39, 0.29) is 30.0 Å². The third kappa shape index (κ3) is 4.30. The molecule has 0 rings (SSSR count). The van der Waals surface area contributed by atoms with E-state index >= 15 is 0 Å². The Labute approximate surface area is 63.0 Å². The van der Waals surface area contributed by atoms with Crippen LogP contribution in [0.15, 0.2) is 12.3 Å². The molecule has 42 valence electrons. The molecule has 0 radical (unpaired) electrons. The van der Waals surface area contributed by atoms with Crippen molar-refractivity contribution in [3.63, 3.8) is 0 Å². The van der Waals surface area contributed by atoms with Gasteiger partial charge < -0.3 is 5.11 Å². The van der Waals surface area contributed by atoms with Gasteiger partial charge in [-0.15, -0.1) is 12.3 Å². The van der Waals surface area contributed by atoms with Gasteiger partial charge in [0, 0.05) is 0 Å². The Hall–Kier alpha value is 0.137. The molecule has 0 aromatic carbocycles. The van der Waals surface area contributed by atoms with Crippen molar-refractivity contribution >= 4 is 0 Å². The van der Waals surface area contributed by atoms with Crippen LogP contribution >= 0.6 is 0 Å². The second kappa shape index (κ2) is 3.22. The summed E-state index contributed by atoms with van der Waals surface area (Å²) in [6.07, 6.45) is 0. The monoisotopic (exact) mass is 106 g/mol. The van der Waals surface area contributed by atoms with Gasteiger partial charge in [-0.3, -0.25) is 0 Å². The van der Waals surface area contributed by atoms with E-state index in [2.05, 4.69) is 6.58 Å². The summed E-state index contributed by atoms with van der Waals surface area (Å²) in [5.41, 5.74) is -0.250. The summed E-state index contributed by atoms with van der Waals surface area (Å²) in [6, 6.07) is 0. The zero-order chi connectivity index (χ0) is 6.08. The summed E-state index contributed by atoms with van der Waals surface area (Å²) < 4.78 is 0. The predicted molar refractivity (Wildman–Crippen MR) is 28.6 cm³/mol. The number of hydrogen-bond acceptors (Lipinski definition) is 1. The van der Waals surface area contributed by atoms with Gasteiger partial charge in [-0.25, -0.2) is 0 Å². The summed E-state index contributed by atoms with van der Waals surface area (Å²) in [7, 11) is 0. The van der Waals surface area contributed by atoms with Crippen LogP contribution in [0.5, 0.6) is 0 Å². The molecule has 2 heteroatoms. The fourth-order valence-electron chi connectivity index (χ4n) is 0. The molecule has 0 aromatic heterocycles. The molecule has 0 saturated heterocycles. The Morgan fingerprint density at radius 1 is 1.38 bits per heavy atom. The maximum atomic E-state index is 10.4. The third-order valence-corrected chi connectivity index (χ3v) is 0.837. The molecule has 0 fully saturated rings. The van der Waals surface area contributed by atoms with Crippen molar-refractivity contribution in [2.45, 2.75) is 20.8 Å². The first-order valence-electron chi connectivity index (χ1n) is 2.31. The number of rotatable bonds is 0. The first kappa shape index (κ1) is 11.0. The minimum Gasteiger partial charge on any atom is -0.875 e. The fraction of sp³-hybridized carbons (Fsp3) is 0.667. The molecular formula is C6H11LiO. The van der Waals surface area contributed by atoms with E-state index in [0.29, 0.717) is 0 Å². The molecule has 0 aliphatic rings. The predicted octanol–water partition coefficient (Wildman–Crippen LogP) is -2.09. The fourth-order valence-corrected chi connectivity index (χ4v) is 0. The van der Waals surface area contributed by atoms with Crippen molar-refractivity contribution < 1.29 is 24.0 Å². The molecule has 8 heavy (non-hydrogen) atoms. The SMILES string of the molecule is C=C([O-])C(C)(C)C.[Li+]. The number of allylic oxidation sites excluding steroid dienone is 1. The van der Waals surface area contributed by atoms with Crippen LogP contribution in [0, 0.1) is 5.41 Å². The number of hydrogen-bond donors (Lipinski definition) is 0. The first-order valence-corrected chi connectivity index (χ1v) is 2.31. The minimum atomic E-state index is -0.250. The summed E-state index contributed by atoms with van der Waals surface area (Å²) >= 11 is 0. The molecule has 0 atom stereocenters. The van der Waals surface area contributed by atoms with Crippen LogP contribution in [0.25, 0.3) is 0 Å². The van der Waals surface area contributed by atoms with Crippen LogP contribution in [0.2, 0.25) is 0 Å². The third-order valence-electron chi connectivity index (χ3n) is 0.837. The summed E-state index contributed by atoms with van der Waals surface area (Å²) in [5.74, 6) is -0.00694. The van der Waals surface area contributed by atoms with E-state index in [9.17, 15) is 5.11 Å². The standard InChI is InChI=1S/C6H12O.Li/c1-5(7)6(2,3)4;/h7H,1H2,2-4H3;/q;+1/p-1. The van der Waals surface area contributed by atoms with Crippen LogP contribution < -0.4 is 24.0 Å². The molecule has 0 aromatic rings. The maximum Gasteiger partial charge on any atom is 1.00 e. The van der Waals surface area contributed by atoms with Crippen molar-refractivity contribution in [2.24, 2.45) is 5.41 Å². The van der Waals surface area contributed by atoms with Crippen LogP contribution in [-0.2, 0) is 0 Å². The average molecular weight is 106 g/mol. The van der Waals surface area contributed by atoms with E-state index in [0.717, 1.165) is 0 Å². The summed E-state index contributed by atoms with van der Waals surface area (Å²) in [6.45, 7) is 8.82. The zero-order valence-electron chi connectivity index (χ0n) is 6.12. The van der Waals surface area contributed by atoms with Crippen molar-refractivity contribution in [3.8, 4) is 0 Å². The Morgan fingerprint density at radius 2 is 1.50 bits per heavy atom. The van der Waals surface area contributed by atoms with Gasteiger partial charge in [0.05, 0.1) is 0 Å². The van der Waals surface area contributed by atoms with Crippen LogP contribution in [0.1, 0.15) is 20.8 Å². The van der Waals surface area contributed by atoms with Crippen molar-refractivity contribution in [1.82, 2.24) is 0 Å². The molecule has 0 amide bonds. The molecule has 0 spiro atoms. The largest absolute Gasteiger partial charge is 1.00 e. The molecule has 0 N–H and O–H groups in total. The Morgan fingerprint density at radius 3 is 1.50 bits per heavy atom. The molecule has 0 saturated carbocycles. The molecule has 0 unspecified atom stereocenters. The van der Waals surface area contributed by atoms with Crippen molar-refractivity contribution in [2.75, 3.05) is 0 Å². The molecular weight excluding hydrogens is 95.0 g/mol. The quantitative estimate of drug-likeness (QED) is 0.256. The Kier molecular flexibility index (Phi) is 4.43. The topological polar surface area (TPSA) is 23.1 Å². The minimum absolute atomic E-state index is 0. The van der Waals surface area contributed by atoms with Gasteiger partial charge >= 0.3 is 18.9 Å². The molecule has 0 heterocycles. The van der Waals surface area contributed by atoms with Crippen LogP contribution in [0.4, 0.5) is 0 Å². The van der Waals surface area contributed by atoms with Gasteiger partial charge in [0.2, 0.25) is 0 Å². The van der Waals surface area contributed by atoms with Gasteiger partial charge in [-0.1, -0.05) is 20.8 Å². The molecule has 0 bridgehead atoms. The van der Waals surface area contributed by atoms with Gasteiger partial charge in [0.25, 0.3) is 0 Å². The van der Waals surface area contributed by atoms with E-state index in [4.69, 9.17) is 0 Å². The van der Waals surface area contributed by atoms with E-state index in [1.165, 1.54) is 0 Å². The molecule has 1 nitrogen and oxygen atoms in total. The van der Waals surface area contributed by atoms with Gasteiger partial charge in [-0.2, -0.15) is 0 Å². The normalized spacial score (nSPS) is 9.88. The Balaban J connectivity index is 0. The summed E-state index contributed by atoms with van der Waals surface area (Å²) in [4.78, 5) is 0. The van der Waals surface area contributed by atoms with Gasteiger partial charge in [-0.05, 0) is 5.41 Å². The molecule has 0 aliphatic carbocycles. The second-order valence-corrected chi connectivity index (χ2v) is 2.67. The second-order valence-electron chi connectivity index (χ2n) is 2.67. The zero-order valence-corrected chi connectivity index (χ0v) is 6.12. The maximum absolute atomic E-state index is 10.4. The van der Waals surface area contributed by atoms with Crippen molar-refractivity contribution in [3.05, 3.63) is 12.3 Å². The van der Waals surface area contributed by atoms with E-state index in [1.54, 1.807) is 0 Å². The van der Waals surface area contributed by atoms with Crippen LogP contribution in [-0.4, -0.2) is 0 Å². The van der Waals surface area contributed by atoms with E-state index in [1.807, 2.05) is 20.8 Å². The van der Waals surface area contributed by atoms with Crippen LogP contribution in [0.3, 0.4) is 0 Å². The van der Waals surface area contributed by atoms with E-state index < -0.39 is 0 Å². The first-order chi connectivity index (χ1) is 2.94. The van der Waals surface area contributed by atoms with Gasteiger partial charge in [0.15, 0.2) is 0 Å². The smallest absolute Gasteiger partial charge is 0.875 e. The Bertz CT molecular complexity index is 81.0. The van der Waals surface area contributed by atoms with Gasteiger partial charge in [0.1, 0.15) is 0 Å².